The van der Waals surface area contributed by atoms with E-state index in [0.29, 0.717) is 0 Å². The van der Waals surface area contributed by atoms with Crippen LogP contribution in [0.4, 0.5) is 0 Å². The highest BCUT2D eigenvalue weighted by Crippen LogP contribution is 2.28. The summed E-state index contributed by atoms with van der Waals surface area (Å²) in [6, 6.07) is 6.74. The third-order valence-electron chi connectivity index (χ3n) is 2.52. The van der Waals surface area contributed by atoms with Gasteiger partial charge in [-0.1, -0.05) is 26.0 Å². The lowest BCUT2D eigenvalue weighted by atomic mass is 9.86. The van der Waals surface area contributed by atoms with Gasteiger partial charge in [0.25, 0.3) is 0 Å². The van der Waals surface area contributed by atoms with E-state index >= 15 is 0 Å². The summed E-state index contributed by atoms with van der Waals surface area (Å²) in [5.41, 5.74) is 0.963. The summed E-state index contributed by atoms with van der Waals surface area (Å²) in [7, 11) is 0. The van der Waals surface area contributed by atoms with Crippen molar-refractivity contribution < 1.29 is 15.0 Å². The number of phenolic OH excluding ortho intramolecular Hbond substituents is 1. The number of aromatic hydroxyl groups is 1. The quantitative estimate of drug-likeness (QED) is 0.799. The Morgan fingerprint density at radius 3 is 2.20 bits per heavy atom. The van der Waals surface area contributed by atoms with Crippen LogP contribution in [0.2, 0.25) is 0 Å². The number of aliphatic carboxylic acids is 1. The monoisotopic (exact) mass is 208 g/mol. The molecule has 0 fully saturated rings. The average Bonchev–Trinajstić information content (AvgIpc) is 2.15. The van der Waals surface area contributed by atoms with Gasteiger partial charge in [0.05, 0.1) is 6.42 Å². The fraction of sp³-hybridized carbons (Fsp3) is 0.417. The van der Waals surface area contributed by atoms with Gasteiger partial charge < -0.3 is 10.2 Å². The third-order valence-corrected chi connectivity index (χ3v) is 2.52. The molecule has 2 N–H and O–H groups in total. The average molecular weight is 208 g/mol. The van der Waals surface area contributed by atoms with Gasteiger partial charge in [-0.05, 0) is 29.5 Å². The topological polar surface area (TPSA) is 57.5 Å². The van der Waals surface area contributed by atoms with Gasteiger partial charge in [0.2, 0.25) is 0 Å². The van der Waals surface area contributed by atoms with Crippen molar-refractivity contribution in [3.05, 3.63) is 29.8 Å². The number of carboxylic acid groups (broad SMARTS) is 1. The van der Waals surface area contributed by atoms with Gasteiger partial charge in [-0.15, -0.1) is 0 Å². The minimum absolute atomic E-state index is 0.00287. The molecule has 0 aliphatic heterocycles. The molecule has 0 saturated carbocycles. The molecule has 0 saturated heterocycles. The normalized spacial score (nSPS) is 12.7. The van der Waals surface area contributed by atoms with E-state index in [1.54, 1.807) is 24.3 Å². The lowest BCUT2D eigenvalue weighted by molar-refractivity contribution is -0.137. The fourth-order valence-corrected chi connectivity index (χ4v) is 1.65. The number of carboxylic acids is 1. The van der Waals surface area contributed by atoms with Crippen LogP contribution in [0.15, 0.2) is 24.3 Å². The molecule has 1 aromatic rings. The Hall–Kier alpha value is -1.51. The van der Waals surface area contributed by atoms with Crippen molar-refractivity contribution in [2.45, 2.75) is 26.2 Å². The van der Waals surface area contributed by atoms with Crippen LogP contribution in [0.25, 0.3) is 0 Å². The van der Waals surface area contributed by atoms with Crippen molar-refractivity contribution in [1.29, 1.82) is 0 Å². The molecule has 15 heavy (non-hydrogen) atoms. The summed E-state index contributed by atoms with van der Waals surface area (Å²) in [6.07, 6.45) is 0.127. The van der Waals surface area contributed by atoms with Crippen LogP contribution in [-0.2, 0) is 4.79 Å². The Labute approximate surface area is 89.4 Å². The number of phenols is 1. The first kappa shape index (κ1) is 11.6. The summed E-state index contributed by atoms with van der Waals surface area (Å²) in [5.74, 6) is -0.313. The van der Waals surface area contributed by atoms with E-state index in [1.807, 2.05) is 13.8 Å². The highest BCUT2D eigenvalue weighted by atomic mass is 16.4. The largest absolute Gasteiger partial charge is 0.508 e. The molecule has 0 bridgehead atoms. The standard InChI is InChI=1S/C12H16O3/c1-8(2)11(7-12(14)15)9-3-5-10(13)6-4-9/h3-6,8,11,13H,7H2,1-2H3,(H,14,15). The lowest BCUT2D eigenvalue weighted by Crippen LogP contribution is -2.11. The molecular formula is C12H16O3. The van der Waals surface area contributed by atoms with E-state index in [2.05, 4.69) is 0 Å². The molecule has 0 spiro atoms. The second-order valence-electron chi connectivity index (χ2n) is 4.04. The van der Waals surface area contributed by atoms with Crippen molar-refractivity contribution in [3.8, 4) is 5.75 Å². The first-order valence-corrected chi connectivity index (χ1v) is 5.01. The summed E-state index contributed by atoms with van der Waals surface area (Å²) < 4.78 is 0. The second-order valence-corrected chi connectivity index (χ2v) is 4.04. The van der Waals surface area contributed by atoms with Gasteiger partial charge in [-0.3, -0.25) is 4.79 Å². The molecule has 0 aromatic heterocycles. The van der Waals surface area contributed by atoms with E-state index in [0.717, 1.165) is 5.56 Å². The van der Waals surface area contributed by atoms with Gasteiger partial charge in [0, 0.05) is 0 Å². The minimum atomic E-state index is -0.790. The minimum Gasteiger partial charge on any atom is -0.508 e. The summed E-state index contributed by atoms with van der Waals surface area (Å²) in [5, 5.41) is 17.9. The molecule has 3 nitrogen and oxygen atoms in total. The van der Waals surface area contributed by atoms with Crippen molar-refractivity contribution >= 4 is 5.97 Å². The summed E-state index contributed by atoms with van der Waals surface area (Å²) in [4.78, 5) is 10.7. The van der Waals surface area contributed by atoms with Gasteiger partial charge in [0.1, 0.15) is 5.75 Å². The van der Waals surface area contributed by atoms with Crippen LogP contribution in [0.1, 0.15) is 31.7 Å². The van der Waals surface area contributed by atoms with Crippen molar-refractivity contribution in [2.24, 2.45) is 5.92 Å². The Balaban J connectivity index is 2.88. The molecule has 0 aliphatic rings. The number of benzene rings is 1. The number of rotatable bonds is 4. The molecule has 1 rings (SSSR count). The first-order chi connectivity index (χ1) is 7.00. The van der Waals surface area contributed by atoms with Crippen LogP contribution < -0.4 is 0 Å². The fourth-order valence-electron chi connectivity index (χ4n) is 1.65. The van der Waals surface area contributed by atoms with Gasteiger partial charge in [-0.2, -0.15) is 0 Å². The van der Waals surface area contributed by atoms with Crippen LogP contribution in [0, 0.1) is 5.92 Å². The van der Waals surface area contributed by atoms with E-state index in [1.165, 1.54) is 0 Å². The molecule has 0 amide bonds. The van der Waals surface area contributed by atoms with Gasteiger partial charge >= 0.3 is 5.97 Å². The van der Waals surface area contributed by atoms with Gasteiger partial charge in [0.15, 0.2) is 0 Å². The number of hydrogen-bond donors (Lipinski definition) is 2. The highest BCUT2D eigenvalue weighted by molar-refractivity contribution is 5.68. The predicted octanol–water partition coefficient (Wildman–Crippen LogP) is 2.61. The molecule has 0 heterocycles. The van der Waals surface area contributed by atoms with Crippen LogP contribution in [-0.4, -0.2) is 16.2 Å². The molecule has 82 valence electrons. The maximum absolute atomic E-state index is 10.7. The van der Waals surface area contributed by atoms with Crippen LogP contribution >= 0.6 is 0 Å². The summed E-state index contributed by atoms with van der Waals surface area (Å²) >= 11 is 0. The maximum Gasteiger partial charge on any atom is 0.303 e. The Morgan fingerprint density at radius 1 is 1.27 bits per heavy atom. The molecule has 3 heteroatoms. The molecule has 1 aromatic carbocycles. The molecule has 1 atom stereocenters. The first-order valence-electron chi connectivity index (χ1n) is 5.01. The van der Waals surface area contributed by atoms with Crippen molar-refractivity contribution in [3.63, 3.8) is 0 Å². The van der Waals surface area contributed by atoms with Crippen LogP contribution in [0.3, 0.4) is 0 Å². The van der Waals surface area contributed by atoms with Crippen molar-refractivity contribution in [1.82, 2.24) is 0 Å². The Kier molecular flexibility index (Phi) is 3.72. The summed E-state index contributed by atoms with van der Waals surface area (Å²) in [6.45, 7) is 4.00. The Morgan fingerprint density at radius 2 is 1.80 bits per heavy atom. The van der Waals surface area contributed by atoms with E-state index in [4.69, 9.17) is 10.2 Å². The van der Waals surface area contributed by atoms with Crippen LogP contribution in [0.5, 0.6) is 5.75 Å². The smallest absolute Gasteiger partial charge is 0.303 e. The Bertz CT molecular complexity index is 327. The number of carbonyl (C=O) groups is 1. The van der Waals surface area contributed by atoms with E-state index < -0.39 is 5.97 Å². The molecular weight excluding hydrogens is 192 g/mol. The zero-order valence-corrected chi connectivity index (χ0v) is 8.97. The number of hydrogen-bond acceptors (Lipinski definition) is 2. The van der Waals surface area contributed by atoms with E-state index in [9.17, 15) is 4.79 Å². The second kappa shape index (κ2) is 4.82. The predicted molar refractivity (Wildman–Crippen MR) is 57.9 cm³/mol. The maximum atomic E-state index is 10.7. The third kappa shape index (κ3) is 3.27. The lowest BCUT2D eigenvalue weighted by Gasteiger charge is -2.19. The SMILES string of the molecule is CC(C)C(CC(=O)O)c1ccc(O)cc1. The molecule has 1 unspecified atom stereocenters. The van der Waals surface area contributed by atoms with Gasteiger partial charge in [-0.25, -0.2) is 0 Å². The highest BCUT2D eigenvalue weighted by Gasteiger charge is 2.18. The van der Waals surface area contributed by atoms with E-state index in [-0.39, 0.29) is 24.0 Å². The zero-order valence-electron chi connectivity index (χ0n) is 8.97. The van der Waals surface area contributed by atoms with Crippen molar-refractivity contribution in [2.75, 3.05) is 0 Å². The molecule has 0 radical (unpaired) electrons. The molecule has 0 aliphatic carbocycles. The zero-order chi connectivity index (χ0) is 11.4.